The molecular weight excluding hydrogens is 172 g/mol. The van der Waals surface area contributed by atoms with Gasteiger partial charge < -0.3 is 4.98 Å². The molecule has 72 valence electrons. The fourth-order valence-electron chi connectivity index (χ4n) is 1.27. The van der Waals surface area contributed by atoms with Crippen molar-refractivity contribution in [3.8, 4) is 12.3 Å². The van der Waals surface area contributed by atoms with Gasteiger partial charge in [-0.25, -0.2) is 4.98 Å². The lowest BCUT2D eigenvalue weighted by atomic mass is 10.2. The number of nitrogens with one attached hydrogen (secondary N) is 1. The Labute approximate surface area is 84.4 Å². The molecule has 2 aromatic rings. The van der Waals surface area contributed by atoms with Crippen molar-refractivity contribution in [3.05, 3.63) is 29.6 Å². The Morgan fingerprint density at radius 1 is 1.36 bits per heavy atom. The van der Waals surface area contributed by atoms with Gasteiger partial charge in [-0.2, -0.15) is 0 Å². The molecule has 2 rings (SSSR count). The van der Waals surface area contributed by atoms with Crippen molar-refractivity contribution in [2.45, 2.75) is 20.8 Å². The molecule has 0 unspecified atom stereocenters. The minimum absolute atomic E-state index is 0.844. The highest BCUT2D eigenvalue weighted by Crippen LogP contribution is 2.14. The Morgan fingerprint density at radius 3 is 2.71 bits per heavy atom. The fourth-order valence-corrected chi connectivity index (χ4v) is 1.27. The lowest BCUT2D eigenvalue weighted by Gasteiger charge is -1.89. The number of hydrogen-bond acceptors (Lipinski definition) is 1. The molecule has 0 saturated carbocycles. The van der Waals surface area contributed by atoms with Crippen LogP contribution in [0.2, 0.25) is 0 Å². The average molecular weight is 186 g/mol. The van der Waals surface area contributed by atoms with Gasteiger partial charge in [0, 0.05) is 0 Å². The van der Waals surface area contributed by atoms with Crippen molar-refractivity contribution in [2.24, 2.45) is 0 Å². The van der Waals surface area contributed by atoms with Gasteiger partial charge in [0.15, 0.2) is 0 Å². The Hall–Kier alpha value is -1.75. The molecule has 1 aromatic carbocycles. The number of aromatic nitrogens is 2. The van der Waals surface area contributed by atoms with E-state index in [1.54, 1.807) is 0 Å². The molecule has 0 aliphatic rings. The topological polar surface area (TPSA) is 28.7 Å². The Morgan fingerprint density at radius 2 is 2.07 bits per heavy atom. The standard InChI is InChI=1S/C10H8N2.C2H6/c1-3-8-5-4-6-9-10(8)12-7(2)11-9;1-2/h1,4-6H,2H3,(H,11,12);1-2H3. The van der Waals surface area contributed by atoms with E-state index < -0.39 is 0 Å². The van der Waals surface area contributed by atoms with Crippen LogP contribution in [0, 0.1) is 19.3 Å². The highest BCUT2D eigenvalue weighted by molar-refractivity contribution is 5.81. The van der Waals surface area contributed by atoms with E-state index in [0.29, 0.717) is 0 Å². The van der Waals surface area contributed by atoms with E-state index in [-0.39, 0.29) is 0 Å². The maximum Gasteiger partial charge on any atom is 0.104 e. The summed E-state index contributed by atoms with van der Waals surface area (Å²) in [6.07, 6.45) is 5.32. The molecule has 0 bridgehead atoms. The molecule has 0 saturated heterocycles. The second kappa shape index (κ2) is 4.48. The molecule has 0 fully saturated rings. The highest BCUT2D eigenvalue weighted by Gasteiger charge is 2.01. The van der Waals surface area contributed by atoms with Crippen LogP contribution in [0.25, 0.3) is 11.0 Å². The van der Waals surface area contributed by atoms with Gasteiger partial charge in [0.25, 0.3) is 0 Å². The third-order valence-corrected chi connectivity index (χ3v) is 1.79. The Bertz CT molecular complexity index is 461. The van der Waals surface area contributed by atoms with Crippen LogP contribution in [0.1, 0.15) is 25.2 Å². The summed E-state index contributed by atoms with van der Waals surface area (Å²) in [5.74, 6) is 3.50. The van der Waals surface area contributed by atoms with Gasteiger partial charge in [-0.1, -0.05) is 25.8 Å². The largest absolute Gasteiger partial charge is 0.342 e. The van der Waals surface area contributed by atoms with E-state index >= 15 is 0 Å². The zero-order valence-electron chi connectivity index (χ0n) is 8.76. The number of aryl methyl sites for hydroxylation is 1. The highest BCUT2D eigenvalue weighted by atomic mass is 14.9. The maximum atomic E-state index is 5.32. The lowest BCUT2D eigenvalue weighted by Crippen LogP contribution is -1.76. The van der Waals surface area contributed by atoms with Crippen molar-refractivity contribution in [1.82, 2.24) is 9.97 Å². The van der Waals surface area contributed by atoms with E-state index in [0.717, 1.165) is 22.4 Å². The fraction of sp³-hybridized carbons (Fsp3) is 0.250. The van der Waals surface area contributed by atoms with Crippen molar-refractivity contribution in [1.29, 1.82) is 0 Å². The Balaban J connectivity index is 0.000000461. The number of nitrogens with zero attached hydrogens (tertiary/aromatic N) is 1. The third-order valence-electron chi connectivity index (χ3n) is 1.79. The second-order valence-electron chi connectivity index (χ2n) is 2.67. The maximum absolute atomic E-state index is 5.32. The molecule has 0 atom stereocenters. The quantitative estimate of drug-likeness (QED) is 0.630. The van der Waals surface area contributed by atoms with Crippen LogP contribution in [-0.4, -0.2) is 9.97 Å². The number of hydrogen-bond donors (Lipinski definition) is 1. The third kappa shape index (κ3) is 1.77. The monoisotopic (exact) mass is 186 g/mol. The first-order valence-corrected chi connectivity index (χ1v) is 4.73. The predicted molar refractivity (Wildman–Crippen MR) is 60.1 cm³/mol. The van der Waals surface area contributed by atoms with Crippen molar-refractivity contribution in [2.75, 3.05) is 0 Å². The van der Waals surface area contributed by atoms with E-state index in [1.807, 2.05) is 39.0 Å². The number of aromatic amines is 1. The zero-order valence-corrected chi connectivity index (χ0v) is 8.76. The summed E-state index contributed by atoms with van der Waals surface area (Å²) in [6, 6.07) is 5.79. The van der Waals surface area contributed by atoms with Gasteiger partial charge in [0.05, 0.1) is 11.1 Å². The predicted octanol–water partition coefficient (Wildman–Crippen LogP) is 2.88. The van der Waals surface area contributed by atoms with E-state index in [1.165, 1.54) is 0 Å². The van der Waals surface area contributed by atoms with Crippen molar-refractivity contribution >= 4 is 11.0 Å². The molecule has 2 heteroatoms. The molecular formula is C12H14N2. The number of rotatable bonds is 0. The van der Waals surface area contributed by atoms with Gasteiger partial charge in [0.2, 0.25) is 0 Å². The van der Waals surface area contributed by atoms with Gasteiger partial charge in [-0.15, -0.1) is 6.42 Å². The first kappa shape index (κ1) is 10.3. The minimum Gasteiger partial charge on any atom is -0.342 e. The molecule has 1 aromatic heterocycles. The summed E-state index contributed by atoms with van der Waals surface area (Å²) in [6.45, 7) is 5.92. The van der Waals surface area contributed by atoms with E-state index in [4.69, 9.17) is 6.42 Å². The van der Waals surface area contributed by atoms with E-state index in [9.17, 15) is 0 Å². The van der Waals surface area contributed by atoms with Crippen LogP contribution in [0.3, 0.4) is 0 Å². The molecule has 0 radical (unpaired) electrons. The summed E-state index contributed by atoms with van der Waals surface area (Å²) < 4.78 is 0. The molecule has 14 heavy (non-hydrogen) atoms. The molecule has 0 aliphatic heterocycles. The SMILES string of the molecule is C#Cc1cccc2[nH]c(C)nc12.CC. The normalized spacial score (nSPS) is 9.00. The van der Waals surface area contributed by atoms with Crippen molar-refractivity contribution in [3.63, 3.8) is 0 Å². The van der Waals surface area contributed by atoms with Crippen LogP contribution in [0.5, 0.6) is 0 Å². The van der Waals surface area contributed by atoms with Crippen LogP contribution < -0.4 is 0 Å². The summed E-state index contributed by atoms with van der Waals surface area (Å²) in [5.41, 5.74) is 2.73. The number of imidazole rings is 1. The molecule has 1 heterocycles. The molecule has 0 spiro atoms. The first-order valence-electron chi connectivity index (χ1n) is 4.73. The first-order chi connectivity index (χ1) is 6.81. The molecule has 2 nitrogen and oxygen atoms in total. The Kier molecular flexibility index (Phi) is 3.30. The van der Waals surface area contributed by atoms with E-state index in [2.05, 4.69) is 15.9 Å². The van der Waals surface area contributed by atoms with Crippen LogP contribution in [0.4, 0.5) is 0 Å². The summed E-state index contributed by atoms with van der Waals surface area (Å²) >= 11 is 0. The van der Waals surface area contributed by atoms with Crippen LogP contribution >= 0.6 is 0 Å². The molecule has 1 N–H and O–H groups in total. The zero-order chi connectivity index (χ0) is 10.6. The van der Waals surface area contributed by atoms with Gasteiger partial charge >= 0.3 is 0 Å². The smallest absolute Gasteiger partial charge is 0.104 e. The van der Waals surface area contributed by atoms with Gasteiger partial charge in [-0.3, -0.25) is 0 Å². The average Bonchev–Trinajstić information content (AvgIpc) is 2.60. The number of benzene rings is 1. The summed E-state index contributed by atoms with van der Waals surface area (Å²) in [7, 11) is 0. The minimum atomic E-state index is 0.844. The summed E-state index contributed by atoms with van der Waals surface area (Å²) in [5, 5.41) is 0. The lowest BCUT2D eigenvalue weighted by molar-refractivity contribution is 1.17. The number of H-pyrrole nitrogens is 1. The van der Waals surface area contributed by atoms with Crippen LogP contribution in [-0.2, 0) is 0 Å². The molecule has 0 aliphatic carbocycles. The number of terminal acetylenes is 1. The summed E-state index contributed by atoms with van der Waals surface area (Å²) in [4.78, 5) is 7.41. The van der Waals surface area contributed by atoms with Gasteiger partial charge in [-0.05, 0) is 19.1 Å². The van der Waals surface area contributed by atoms with Crippen molar-refractivity contribution < 1.29 is 0 Å². The second-order valence-corrected chi connectivity index (χ2v) is 2.67. The number of fused-ring (bicyclic) bond motifs is 1. The van der Waals surface area contributed by atoms with Gasteiger partial charge in [0.1, 0.15) is 11.3 Å². The van der Waals surface area contributed by atoms with Crippen LogP contribution in [0.15, 0.2) is 18.2 Å². The molecule has 0 amide bonds. The number of para-hydroxylation sites is 1.